The molecule has 10 heteroatoms. The second kappa shape index (κ2) is 10.2. The number of aliphatic imine (C=N–C) groups is 2. The lowest BCUT2D eigenvalue weighted by Crippen LogP contribution is -2.58. The van der Waals surface area contributed by atoms with Crippen molar-refractivity contribution >= 4 is 40.6 Å². The van der Waals surface area contributed by atoms with Crippen molar-refractivity contribution in [1.82, 2.24) is 15.5 Å². The first kappa shape index (κ1) is 25.2. The number of anilines is 1. The Morgan fingerprint density at radius 2 is 1.72 bits per heavy atom. The van der Waals surface area contributed by atoms with Crippen LogP contribution in [0.5, 0.6) is 0 Å². The van der Waals surface area contributed by atoms with Crippen molar-refractivity contribution in [3.63, 3.8) is 0 Å². The summed E-state index contributed by atoms with van der Waals surface area (Å²) in [6.45, 7) is 1.97. The van der Waals surface area contributed by atoms with Gasteiger partial charge >= 0.3 is 0 Å². The monoisotopic (exact) mass is 546 g/mol. The lowest BCUT2D eigenvalue weighted by molar-refractivity contribution is 0.0577. The van der Waals surface area contributed by atoms with Crippen LogP contribution in [0.4, 0.5) is 14.5 Å². The number of nitrogens with one attached hydrogen (secondary N) is 3. The highest BCUT2D eigenvalue weighted by molar-refractivity contribution is 6.31. The van der Waals surface area contributed by atoms with Crippen LogP contribution >= 0.6 is 11.6 Å². The van der Waals surface area contributed by atoms with Gasteiger partial charge < -0.3 is 20.9 Å². The second-order valence-corrected chi connectivity index (χ2v) is 10.1. The van der Waals surface area contributed by atoms with Crippen LogP contribution in [0.25, 0.3) is 5.70 Å². The van der Waals surface area contributed by atoms with E-state index in [-0.39, 0.29) is 23.7 Å². The summed E-state index contributed by atoms with van der Waals surface area (Å²) < 4.78 is 29.5. The Morgan fingerprint density at radius 3 is 2.44 bits per heavy atom. The molecule has 1 amide bonds. The van der Waals surface area contributed by atoms with Crippen molar-refractivity contribution in [3.05, 3.63) is 105 Å². The maximum atomic E-state index is 14.8. The normalized spacial score (nSPS) is 16.8. The van der Waals surface area contributed by atoms with Gasteiger partial charge in [0.1, 0.15) is 11.6 Å². The Balaban J connectivity index is 1.23. The number of likely N-dealkylation sites (tertiary alicyclic amines) is 1. The van der Waals surface area contributed by atoms with Gasteiger partial charge in [-0.2, -0.15) is 0 Å². The summed E-state index contributed by atoms with van der Waals surface area (Å²) in [5, 5.41) is 10.2. The minimum Gasteiger partial charge on any atom is -0.335 e. The minimum atomic E-state index is -0.691. The first-order chi connectivity index (χ1) is 18.9. The number of benzene rings is 3. The van der Waals surface area contributed by atoms with Crippen molar-refractivity contribution < 1.29 is 13.6 Å². The van der Waals surface area contributed by atoms with Gasteiger partial charge in [0, 0.05) is 46.5 Å². The zero-order valence-electron chi connectivity index (χ0n) is 21.1. The van der Waals surface area contributed by atoms with Gasteiger partial charge in [0.25, 0.3) is 5.91 Å². The molecule has 0 aliphatic carbocycles. The van der Waals surface area contributed by atoms with E-state index < -0.39 is 11.6 Å². The van der Waals surface area contributed by atoms with Crippen molar-refractivity contribution in [2.24, 2.45) is 9.98 Å². The number of carbonyl (C=O) groups is 1. The molecule has 3 heterocycles. The molecule has 198 valence electrons. The molecule has 7 nitrogen and oxygen atoms in total. The Hall–Kier alpha value is -4.08. The summed E-state index contributed by atoms with van der Waals surface area (Å²) in [5.74, 6) is -0.867. The van der Waals surface area contributed by atoms with Gasteiger partial charge in [-0.25, -0.2) is 13.8 Å². The number of halogens is 3. The van der Waals surface area contributed by atoms with Crippen LogP contribution in [-0.4, -0.2) is 61.7 Å². The summed E-state index contributed by atoms with van der Waals surface area (Å²) >= 11 is 6.31. The number of nitrogens with zero attached hydrogens (tertiary/aromatic N) is 3. The largest absolute Gasteiger partial charge is 0.335 e. The van der Waals surface area contributed by atoms with E-state index in [0.717, 1.165) is 22.5 Å². The molecule has 0 spiro atoms. The molecule has 39 heavy (non-hydrogen) atoms. The van der Waals surface area contributed by atoms with Crippen molar-refractivity contribution in [2.75, 3.05) is 38.5 Å². The summed E-state index contributed by atoms with van der Waals surface area (Å²) in [6, 6.07) is 16.6. The molecule has 3 aliphatic heterocycles. The molecule has 0 atom stereocenters. The molecule has 3 aromatic carbocycles. The van der Waals surface area contributed by atoms with Gasteiger partial charge in [-0.3, -0.25) is 9.79 Å². The van der Waals surface area contributed by atoms with Gasteiger partial charge in [0.15, 0.2) is 0 Å². The van der Waals surface area contributed by atoms with Crippen LogP contribution in [0.1, 0.15) is 27.0 Å². The number of amides is 1. The van der Waals surface area contributed by atoms with E-state index in [4.69, 9.17) is 11.6 Å². The number of hydrogen-bond acceptors (Lipinski definition) is 6. The molecule has 0 saturated carbocycles. The molecular weight excluding hydrogens is 522 g/mol. The SMILES string of the molecule is CNC1CN(C(=O)c2ccc(NC3=NCC4=C(N3)c3ccc(Cl)cc3C(c3c(F)cccc3F)=NC4)cc2)C1. The number of guanidine groups is 1. The van der Waals surface area contributed by atoms with Gasteiger partial charge in [-0.1, -0.05) is 23.7 Å². The fourth-order valence-corrected chi connectivity index (χ4v) is 5.10. The van der Waals surface area contributed by atoms with Crippen LogP contribution in [0.3, 0.4) is 0 Å². The molecule has 0 unspecified atom stereocenters. The van der Waals surface area contributed by atoms with E-state index in [9.17, 15) is 13.6 Å². The molecule has 3 aromatic rings. The maximum absolute atomic E-state index is 14.8. The first-order valence-corrected chi connectivity index (χ1v) is 13.0. The topological polar surface area (TPSA) is 81.1 Å². The third-order valence-electron chi connectivity index (χ3n) is 7.13. The molecule has 0 bridgehead atoms. The highest BCUT2D eigenvalue weighted by atomic mass is 35.5. The Bertz CT molecular complexity index is 1540. The predicted molar refractivity (Wildman–Crippen MR) is 149 cm³/mol. The van der Waals surface area contributed by atoms with Crippen LogP contribution < -0.4 is 16.0 Å². The molecule has 0 aromatic heterocycles. The Kier molecular flexibility index (Phi) is 6.62. The van der Waals surface area contributed by atoms with Gasteiger partial charge in [-0.15, -0.1) is 0 Å². The lowest BCUT2D eigenvalue weighted by atomic mass is 9.94. The maximum Gasteiger partial charge on any atom is 0.253 e. The minimum absolute atomic E-state index is 0.00629. The van der Waals surface area contributed by atoms with Gasteiger partial charge in [-0.05, 0) is 61.2 Å². The zero-order chi connectivity index (χ0) is 27.1. The van der Waals surface area contributed by atoms with Crippen molar-refractivity contribution in [2.45, 2.75) is 6.04 Å². The Morgan fingerprint density at radius 1 is 1.00 bits per heavy atom. The first-order valence-electron chi connectivity index (χ1n) is 12.6. The van der Waals surface area contributed by atoms with Crippen LogP contribution in [-0.2, 0) is 0 Å². The number of hydrogen-bond donors (Lipinski definition) is 3. The van der Waals surface area contributed by atoms with E-state index >= 15 is 0 Å². The zero-order valence-corrected chi connectivity index (χ0v) is 21.8. The number of carbonyl (C=O) groups excluding carboxylic acids is 1. The summed E-state index contributed by atoms with van der Waals surface area (Å²) in [5.41, 5.74) is 4.29. The third-order valence-corrected chi connectivity index (χ3v) is 7.37. The molecule has 1 fully saturated rings. The average Bonchev–Trinajstić information content (AvgIpc) is 3.05. The van der Waals surface area contributed by atoms with E-state index in [2.05, 4.69) is 25.9 Å². The van der Waals surface area contributed by atoms with Crippen molar-refractivity contribution in [1.29, 1.82) is 0 Å². The second-order valence-electron chi connectivity index (χ2n) is 9.62. The number of rotatable bonds is 4. The van der Waals surface area contributed by atoms with E-state index in [1.54, 1.807) is 24.3 Å². The quantitative estimate of drug-likeness (QED) is 0.456. The Labute approximate surface area is 229 Å². The number of likely N-dealkylation sites (N-methyl/N-ethyl adjacent to an activating group) is 1. The fraction of sp³-hybridized carbons (Fsp3) is 0.207. The standard InChI is InChI=1S/C29H25ClF2N6O/c1-33-20-14-38(15-20)28(39)16-5-8-19(9-6-16)36-29-35-13-17-12-34-27(25-23(31)3-2-4-24(25)32)22-11-18(30)7-10-21(22)26(17)37-29/h2-11,20,33H,12-15H2,1H3,(H2,35,36,37). The van der Waals surface area contributed by atoms with Crippen molar-refractivity contribution in [3.8, 4) is 0 Å². The summed E-state index contributed by atoms with van der Waals surface area (Å²) in [7, 11) is 1.89. The molecule has 3 N–H and O–H groups in total. The van der Waals surface area contributed by atoms with Crippen LogP contribution in [0.15, 0.2) is 76.2 Å². The summed E-state index contributed by atoms with van der Waals surface area (Å²) in [6.07, 6.45) is 0. The van der Waals surface area contributed by atoms with E-state index in [1.165, 1.54) is 18.2 Å². The smallest absolute Gasteiger partial charge is 0.253 e. The van der Waals surface area contributed by atoms with Crippen LogP contribution in [0, 0.1) is 11.6 Å². The highest BCUT2D eigenvalue weighted by Crippen LogP contribution is 2.32. The van der Waals surface area contributed by atoms with Gasteiger partial charge in [0.2, 0.25) is 5.96 Å². The predicted octanol–water partition coefficient (Wildman–Crippen LogP) is 4.30. The average molecular weight is 547 g/mol. The molecule has 3 aliphatic rings. The third kappa shape index (κ3) is 4.79. The van der Waals surface area contributed by atoms with Crippen LogP contribution in [0.2, 0.25) is 5.02 Å². The number of fused-ring (bicyclic) bond motifs is 2. The molecule has 0 radical (unpaired) electrons. The summed E-state index contributed by atoms with van der Waals surface area (Å²) in [4.78, 5) is 23.7. The van der Waals surface area contributed by atoms with E-state index in [1.807, 2.05) is 30.1 Å². The fourth-order valence-electron chi connectivity index (χ4n) is 4.93. The lowest BCUT2D eigenvalue weighted by Gasteiger charge is -2.39. The molecular formula is C29H25ClF2N6O. The van der Waals surface area contributed by atoms with Gasteiger partial charge in [0.05, 0.1) is 30.1 Å². The molecule has 6 rings (SSSR count). The molecule has 1 saturated heterocycles. The van der Waals surface area contributed by atoms with E-state index in [0.29, 0.717) is 47.8 Å². The highest BCUT2D eigenvalue weighted by Gasteiger charge is 2.30.